The van der Waals surface area contributed by atoms with Crippen molar-refractivity contribution < 1.29 is 29.3 Å². The van der Waals surface area contributed by atoms with Gasteiger partial charge in [-0.05, 0) is 24.1 Å². The Morgan fingerprint density at radius 3 is 2.48 bits per heavy atom. The highest BCUT2D eigenvalue weighted by Gasteiger charge is 2.46. The Balaban J connectivity index is 2.14. The molecule has 0 saturated carbocycles. The largest absolute Gasteiger partial charge is 0.507 e. The average Bonchev–Trinajstić information content (AvgIpc) is 2.99. The molecule has 1 heterocycles. The van der Waals surface area contributed by atoms with Gasteiger partial charge in [0, 0.05) is 25.8 Å². The van der Waals surface area contributed by atoms with Crippen molar-refractivity contribution in [2.75, 3.05) is 27.4 Å². The van der Waals surface area contributed by atoms with E-state index in [-0.39, 0.29) is 29.4 Å². The highest BCUT2D eigenvalue weighted by molar-refractivity contribution is 6.46. The number of aliphatic hydroxyl groups excluding tert-OH is 1. The lowest BCUT2D eigenvalue weighted by Crippen LogP contribution is -2.31. The van der Waals surface area contributed by atoms with Gasteiger partial charge in [0.15, 0.2) is 11.5 Å². The summed E-state index contributed by atoms with van der Waals surface area (Å²) in [6.07, 6.45) is 0.528. The van der Waals surface area contributed by atoms with Gasteiger partial charge >= 0.3 is 0 Å². The Bertz CT molecular complexity index is 938. The second kappa shape index (κ2) is 8.79. The van der Waals surface area contributed by atoms with Crippen molar-refractivity contribution in [2.45, 2.75) is 12.5 Å². The molecule has 29 heavy (non-hydrogen) atoms. The Hall–Kier alpha value is -3.32. The maximum Gasteiger partial charge on any atom is 0.295 e. The van der Waals surface area contributed by atoms with Gasteiger partial charge in [-0.3, -0.25) is 9.59 Å². The minimum atomic E-state index is -0.804. The number of ketones is 1. The first kappa shape index (κ1) is 20.4. The topological polar surface area (TPSA) is 96.3 Å². The Kier molecular flexibility index (Phi) is 6.19. The first-order chi connectivity index (χ1) is 14.0. The summed E-state index contributed by atoms with van der Waals surface area (Å²) >= 11 is 0. The maximum atomic E-state index is 12.8. The standard InChI is InChI=1S/C22H23NO6/c1-28-12-6-11-23-19(15-9-10-16(24)17(13-15)29-2)18(21(26)22(23)27)20(25)14-7-4-3-5-8-14/h3-5,7-10,13,19,24-25H,6,11-12H2,1-2H3/t19-/m0/s1. The van der Waals surface area contributed by atoms with E-state index in [2.05, 4.69) is 0 Å². The zero-order valence-electron chi connectivity index (χ0n) is 16.3. The lowest BCUT2D eigenvalue weighted by atomic mass is 9.95. The summed E-state index contributed by atoms with van der Waals surface area (Å²) in [6, 6.07) is 12.4. The molecule has 1 atom stereocenters. The van der Waals surface area contributed by atoms with Crippen LogP contribution in [0.2, 0.25) is 0 Å². The second-order valence-corrected chi connectivity index (χ2v) is 6.64. The van der Waals surface area contributed by atoms with Crippen LogP contribution in [0.15, 0.2) is 54.1 Å². The predicted molar refractivity (Wildman–Crippen MR) is 107 cm³/mol. The van der Waals surface area contributed by atoms with Crippen LogP contribution < -0.4 is 4.74 Å². The van der Waals surface area contributed by atoms with Gasteiger partial charge in [-0.1, -0.05) is 36.4 Å². The van der Waals surface area contributed by atoms with Crippen LogP contribution in [0.4, 0.5) is 0 Å². The summed E-state index contributed by atoms with van der Waals surface area (Å²) in [6.45, 7) is 0.700. The van der Waals surface area contributed by atoms with Crippen molar-refractivity contribution in [3.05, 3.63) is 65.2 Å². The number of Topliss-reactive ketones (excluding diaryl/α,β-unsaturated/α-hetero) is 1. The fourth-order valence-corrected chi connectivity index (χ4v) is 3.45. The highest BCUT2D eigenvalue weighted by atomic mass is 16.5. The number of rotatable bonds is 7. The van der Waals surface area contributed by atoms with Gasteiger partial charge in [0.25, 0.3) is 11.7 Å². The first-order valence-electron chi connectivity index (χ1n) is 9.19. The summed E-state index contributed by atoms with van der Waals surface area (Å²) in [5.74, 6) is -1.52. The molecule has 1 saturated heterocycles. The Morgan fingerprint density at radius 2 is 1.83 bits per heavy atom. The molecule has 1 aliphatic heterocycles. The van der Waals surface area contributed by atoms with Gasteiger partial charge in [0.2, 0.25) is 0 Å². The van der Waals surface area contributed by atoms with Crippen molar-refractivity contribution in [2.24, 2.45) is 0 Å². The quantitative estimate of drug-likeness (QED) is 0.323. The average molecular weight is 397 g/mol. The van der Waals surface area contributed by atoms with Crippen LogP contribution in [0.3, 0.4) is 0 Å². The molecule has 7 heteroatoms. The maximum absolute atomic E-state index is 12.8. The van der Waals surface area contributed by atoms with E-state index in [9.17, 15) is 19.8 Å². The molecule has 0 aromatic heterocycles. The summed E-state index contributed by atoms with van der Waals surface area (Å²) in [7, 11) is 2.98. The number of ether oxygens (including phenoxy) is 2. The number of aliphatic hydroxyl groups is 1. The molecule has 2 aromatic rings. The zero-order chi connectivity index (χ0) is 21.0. The third-order valence-electron chi connectivity index (χ3n) is 4.85. The Labute approximate surface area is 168 Å². The molecular formula is C22H23NO6. The molecular weight excluding hydrogens is 374 g/mol. The number of methoxy groups -OCH3 is 2. The monoisotopic (exact) mass is 397 g/mol. The minimum absolute atomic E-state index is 0.00589. The summed E-state index contributed by atoms with van der Waals surface area (Å²) in [5.41, 5.74) is 0.998. The lowest BCUT2D eigenvalue weighted by Gasteiger charge is -2.25. The van der Waals surface area contributed by atoms with Gasteiger partial charge in [0.05, 0.1) is 18.7 Å². The molecule has 3 rings (SSSR count). The van der Waals surface area contributed by atoms with E-state index in [0.717, 1.165) is 0 Å². The van der Waals surface area contributed by atoms with Crippen LogP contribution in [0.25, 0.3) is 5.76 Å². The SMILES string of the molecule is COCCCN1C(=O)C(=O)C(=C(O)c2ccccc2)[C@@H]1c1ccc(O)c(OC)c1. The molecule has 0 radical (unpaired) electrons. The van der Waals surface area contributed by atoms with E-state index in [1.165, 1.54) is 18.1 Å². The third kappa shape index (κ3) is 3.95. The van der Waals surface area contributed by atoms with Crippen LogP contribution in [0.5, 0.6) is 11.5 Å². The molecule has 2 aromatic carbocycles. The van der Waals surface area contributed by atoms with Crippen molar-refractivity contribution in [3.8, 4) is 11.5 Å². The van der Waals surface area contributed by atoms with Gasteiger partial charge in [0.1, 0.15) is 5.76 Å². The predicted octanol–water partition coefficient (Wildman–Crippen LogP) is 2.86. The zero-order valence-corrected chi connectivity index (χ0v) is 16.3. The van der Waals surface area contributed by atoms with E-state index in [0.29, 0.717) is 24.2 Å². The molecule has 1 amide bonds. The summed E-state index contributed by atoms with van der Waals surface area (Å²) in [5, 5.41) is 20.8. The summed E-state index contributed by atoms with van der Waals surface area (Å²) < 4.78 is 10.2. The highest BCUT2D eigenvalue weighted by Crippen LogP contribution is 2.41. The van der Waals surface area contributed by atoms with Crippen molar-refractivity contribution in [1.29, 1.82) is 0 Å². The van der Waals surface area contributed by atoms with Gasteiger partial charge in [-0.2, -0.15) is 0 Å². The van der Waals surface area contributed by atoms with Crippen LogP contribution in [0, 0.1) is 0 Å². The normalized spacial score (nSPS) is 18.3. The number of amides is 1. The number of nitrogens with zero attached hydrogens (tertiary/aromatic N) is 1. The first-order valence-corrected chi connectivity index (χ1v) is 9.19. The van der Waals surface area contributed by atoms with Gasteiger partial charge in [-0.25, -0.2) is 0 Å². The number of aromatic hydroxyl groups is 1. The number of benzene rings is 2. The summed E-state index contributed by atoms with van der Waals surface area (Å²) in [4.78, 5) is 27.0. The van der Waals surface area contributed by atoms with E-state index < -0.39 is 17.7 Å². The van der Waals surface area contributed by atoms with Gasteiger partial charge in [-0.15, -0.1) is 0 Å². The molecule has 7 nitrogen and oxygen atoms in total. The second-order valence-electron chi connectivity index (χ2n) is 6.64. The van der Waals surface area contributed by atoms with Crippen LogP contribution >= 0.6 is 0 Å². The number of carbonyl (C=O) groups excluding carboxylic acids is 2. The number of hydrogen-bond acceptors (Lipinski definition) is 6. The molecule has 152 valence electrons. The minimum Gasteiger partial charge on any atom is -0.507 e. The van der Waals surface area contributed by atoms with E-state index >= 15 is 0 Å². The molecule has 0 spiro atoms. The van der Waals surface area contributed by atoms with Crippen LogP contribution in [-0.2, 0) is 14.3 Å². The van der Waals surface area contributed by atoms with Crippen molar-refractivity contribution >= 4 is 17.4 Å². The van der Waals surface area contributed by atoms with Crippen LogP contribution in [-0.4, -0.2) is 54.2 Å². The smallest absolute Gasteiger partial charge is 0.295 e. The number of phenols is 1. The van der Waals surface area contributed by atoms with Crippen molar-refractivity contribution in [1.82, 2.24) is 4.90 Å². The number of phenolic OH excluding ortho intramolecular Hbond substituents is 1. The number of hydrogen-bond donors (Lipinski definition) is 2. The fourth-order valence-electron chi connectivity index (χ4n) is 3.45. The van der Waals surface area contributed by atoms with E-state index in [1.807, 2.05) is 0 Å². The van der Waals surface area contributed by atoms with Gasteiger partial charge < -0.3 is 24.6 Å². The van der Waals surface area contributed by atoms with E-state index in [4.69, 9.17) is 9.47 Å². The Morgan fingerprint density at radius 1 is 1.10 bits per heavy atom. The van der Waals surface area contributed by atoms with Crippen molar-refractivity contribution in [3.63, 3.8) is 0 Å². The molecule has 0 aliphatic carbocycles. The fraction of sp³-hybridized carbons (Fsp3) is 0.273. The molecule has 2 N–H and O–H groups in total. The number of carbonyl (C=O) groups is 2. The molecule has 0 bridgehead atoms. The molecule has 1 fully saturated rings. The molecule has 1 aliphatic rings. The lowest BCUT2D eigenvalue weighted by molar-refractivity contribution is -0.140. The number of likely N-dealkylation sites (tertiary alicyclic amines) is 1. The molecule has 0 unspecified atom stereocenters. The van der Waals surface area contributed by atoms with Crippen LogP contribution in [0.1, 0.15) is 23.6 Å². The third-order valence-corrected chi connectivity index (χ3v) is 4.85. The van der Waals surface area contributed by atoms with E-state index in [1.54, 1.807) is 49.6 Å².